The van der Waals surface area contributed by atoms with Crippen LogP contribution in [-0.4, -0.2) is 11.7 Å². The number of aryl methyl sites for hydroxylation is 1. The molecule has 1 atom stereocenters. The number of aliphatic hydroxyl groups is 1. The van der Waals surface area contributed by atoms with Gasteiger partial charge in [-0.05, 0) is 48.4 Å². The van der Waals surface area contributed by atoms with Crippen molar-refractivity contribution in [3.05, 3.63) is 63.6 Å². The summed E-state index contributed by atoms with van der Waals surface area (Å²) in [6.45, 7) is 2.16. The molecule has 0 spiro atoms. The van der Waals surface area contributed by atoms with Crippen molar-refractivity contribution in [1.82, 2.24) is 0 Å². The van der Waals surface area contributed by atoms with Crippen molar-refractivity contribution < 1.29 is 13.9 Å². The predicted octanol–water partition coefficient (Wildman–Crippen LogP) is 4.18. The SMILES string of the molecule is Cc1cc(Br)ccc1NCC(O)c1ccc(F)c(F)c1. The number of aliphatic hydroxyl groups excluding tert-OH is 1. The van der Waals surface area contributed by atoms with Crippen molar-refractivity contribution in [2.24, 2.45) is 0 Å². The molecule has 0 amide bonds. The Balaban J connectivity index is 2.04. The van der Waals surface area contributed by atoms with Crippen LogP contribution in [0.5, 0.6) is 0 Å². The number of hydrogen-bond donors (Lipinski definition) is 2. The van der Waals surface area contributed by atoms with Crippen molar-refractivity contribution in [2.75, 3.05) is 11.9 Å². The summed E-state index contributed by atoms with van der Waals surface area (Å²) in [5.74, 6) is -1.88. The molecule has 0 heterocycles. The molecule has 0 bridgehead atoms. The van der Waals surface area contributed by atoms with Gasteiger partial charge in [0.1, 0.15) is 0 Å². The molecule has 0 aliphatic rings. The number of rotatable bonds is 4. The van der Waals surface area contributed by atoms with Gasteiger partial charge >= 0.3 is 0 Å². The highest BCUT2D eigenvalue weighted by Crippen LogP contribution is 2.22. The summed E-state index contributed by atoms with van der Waals surface area (Å²) in [4.78, 5) is 0. The molecule has 5 heteroatoms. The summed E-state index contributed by atoms with van der Waals surface area (Å²) >= 11 is 3.37. The van der Waals surface area contributed by atoms with E-state index in [4.69, 9.17) is 0 Å². The zero-order valence-electron chi connectivity index (χ0n) is 10.8. The van der Waals surface area contributed by atoms with Gasteiger partial charge in [0, 0.05) is 16.7 Å². The Hall–Kier alpha value is -1.46. The van der Waals surface area contributed by atoms with Crippen LogP contribution >= 0.6 is 15.9 Å². The van der Waals surface area contributed by atoms with E-state index in [-0.39, 0.29) is 6.54 Å². The zero-order chi connectivity index (χ0) is 14.7. The van der Waals surface area contributed by atoms with E-state index < -0.39 is 17.7 Å². The summed E-state index contributed by atoms with van der Waals surface area (Å²) < 4.78 is 26.9. The van der Waals surface area contributed by atoms with E-state index >= 15 is 0 Å². The maximum atomic E-state index is 13.1. The molecule has 0 aromatic heterocycles. The first-order valence-corrected chi connectivity index (χ1v) is 6.89. The highest BCUT2D eigenvalue weighted by molar-refractivity contribution is 9.10. The number of benzene rings is 2. The summed E-state index contributed by atoms with van der Waals surface area (Å²) in [6.07, 6.45) is -0.909. The molecule has 2 aromatic rings. The molecule has 1 unspecified atom stereocenters. The first-order chi connectivity index (χ1) is 9.47. The fraction of sp³-hybridized carbons (Fsp3) is 0.200. The van der Waals surface area contributed by atoms with Crippen molar-refractivity contribution >= 4 is 21.6 Å². The third kappa shape index (κ3) is 3.55. The molecule has 20 heavy (non-hydrogen) atoms. The largest absolute Gasteiger partial charge is 0.387 e. The number of anilines is 1. The number of nitrogens with one attached hydrogen (secondary N) is 1. The Labute approximate surface area is 124 Å². The molecule has 0 radical (unpaired) electrons. The van der Waals surface area contributed by atoms with E-state index in [0.29, 0.717) is 5.56 Å². The first-order valence-electron chi connectivity index (χ1n) is 6.10. The minimum atomic E-state index is -0.957. The molecule has 106 valence electrons. The smallest absolute Gasteiger partial charge is 0.159 e. The first kappa shape index (κ1) is 14.9. The van der Waals surface area contributed by atoms with E-state index in [2.05, 4.69) is 21.2 Å². The summed E-state index contributed by atoms with van der Waals surface area (Å²) in [5, 5.41) is 13.1. The summed E-state index contributed by atoms with van der Waals surface area (Å²) in [6, 6.07) is 9.12. The molecule has 2 aromatic carbocycles. The third-order valence-electron chi connectivity index (χ3n) is 3.00. The van der Waals surface area contributed by atoms with Crippen LogP contribution in [0.15, 0.2) is 40.9 Å². The molecule has 0 saturated carbocycles. The van der Waals surface area contributed by atoms with Crippen LogP contribution in [0.25, 0.3) is 0 Å². The molecule has 2 N–H and O–H groups in total. The highest BCUT2D eigenvalue weighted by Gasteiger charge is 2.11. The summed E-state index contributed by atoms with van der Waals surface area (Å²) in [7, 11) is 0. The van der Waals surface area contributed by atoms with Gasteiger partial charge in [-0.1, -0.05) is 22.0 Å². The minimum Gasteiger partial charge on any atom is -0.387 e. The van der Waals surface area contributed by atoms with E-state index in [0.717, 1.165) is 27.9 Å². The predicted molar refractivity (Wildman–Crippen MR) is 78.7 cm³/mol. The average Bonchev–Trinajstić information content (AvgIpc) is 2.40. The maximum Gasteiger partial charge on any atom is 0.159 e. The van der Waals surface area contributed by atoms with E-state index in [9.17, 15) is 13.9 Å². The van der Waals surface area contributed by atoms with Crippen LogP contribution in [0, 0.1) is 18.6 Å². The zero-order valence-corrected chi connectivity index (χ0v) is 12.4. The molecule has 2 nitrogen and oxygen atoms in total. The standard InChI is InChI=1S/C15H14BrF2NO/c1-9-6-11(16)3-5-14(9)19-8-15(20)10-2-4-12(17)13(18)7-10/h2-7,15,19-20H,8H2,1H3. The van der Waals surface area contributed by atoms with E-state index in [1.807, 2.05) is 25.1 Å². The molecular weight excluding hydrogens is 328 g/mol. The second-order valence-electron chi connectivity index (χ2n) is 4.53. The lowest BCUT2D eigenvalue weighted by molar-refractivity contribution is 0.191. The van der Waals surface area contributed by atoms with Crippen molar-refractivity contribution in [1.29, 1.82) is 0 Å². The normalized spacial score (nSPS) is 12.2. The Bertz CT molecular complexity index is 619. The molecule has 2 rings (SSSR count). The minimum absolute atomic E-state index is 0.216. The van der Waals surface area contributed by atoms with Gasteiger partial charge in [-0.25, -0.2) is 8.78 Å². The third-order valence-corrected chi connectivity index (χ3v) is 3.50. The van der Waals surface area contributed by atoms with Crippen LogP contribution in [0.3, 0.4) is 0 Å². The molecule has 0 fully saturated rings. The lowest BCUT2D eigenvalue weighted by Gasteiger charge is -2.15. The second-order valence-corrected chi connectivity index (χ2v) is 5.45. The van der Waals surface area contributed by atoms with Gasteiger partial charge in [-0.3, -0.25) is 0 Å². The van der Waals surface area contributed by atoms with Gasteiger partial charge in [0.15, 0.2) is 11.6 Å². The monoisotopic (exact) mass is 341 g/mol. The van der Waals surface area contributed by atoms with Crippen molar-refractivity contribution in [3.8, 4) is 0 Å². The fourth-order valence-corrected chi connectivity index (χ4v) is 2.35. The maximum absolute atomic E-state index is 13.1. The highest BCUT2D eigenvalue weighted by atomic mass is 79.9. The van der Waals surface area contributed by atoms with Crippen LogP contribution in [0.1, 0.15) is 17.2 Å². The van der Waals surface area contributed by atoms with Gasteiger partial charge in [-0.15, -0.1) is 0 Å². The van der Waals surface area contributed by atoms with Gasteiger partial charge in [-0.2, -0.15) is 0 Å². The Morgan fingerprint density at radius 1 is 1.15 bits per heavy atom. The average molecular weight is 342 g/mol. The van der Waals surface area contributed by atoms with Crippen LogP contribution in [-0.2, 0) is 0 Å². The molecule has 0 aliphatic heterocycles. The van der Waals surface area contributed by atoms with Crippen molar-refractivity contribution in [3.63, 3.8) is 0 Å². The van der Waals surface area contributed by atoms with E-state index in [1.165, 1.54) is 6.07 Å². The quantitative estimate of drug-likeness (QED) is 0.874. The van der Waals surface area contributed by atoms with Gasteiger partial charge in [0.25, 0.3) is 0 Å². The molecular formula is C15H14BrF2NO. The van der Waals surface area contributed by atoms with Crippen LogP contribution < -0.4 is 5.32 Å². The van der Waals surface area contributed by atoms with Crippen molar-refractivity contribution in [2.45, 2.75) is 13.0 Å². The number of hydrogen-bond acceptors (Lipinski definition) is 2. The molecule has 0 saturated heterocycles. The second kappa shape index (κ2) is 6.33. The Kier molecular flexibility index (Phi) is 4.73. The summed E-state index contributed by atoms with van der Waals surface area (Å²) in [5.41, 5.74) is 2.25. The van der Waals surface area contributed by atoms with Crippen LogP contribution in [0.2, 0.25) is 0 Å². The molecule has 0 aliphatic carbocycles. The van der Waals surface area contributed by atoms with Gasteiger partial charge < -0.3 is 10.4 Å². The van der Waals surface area contributed by atoms with E-state index in [1.54, 1.807) is 0 Å². The van der Waals surface area contributed by atoms with Gasteiger partial charge in [0.2, 0.25) is 0 Å². The van der Waals surface area contributed by atoms with Gasteiger partial charge in [0.05, 0.1) is 6.10 Å². The lowest BCUT2D eigenvalue weighted by Crippen LogP contribution is -2.13. The lowest BCUT2D eigenvalue weighted by atomic mass is 10.1. The number of halogens is 3. The Morgan fingerprint density at radius 2 is 1.90 bits per heavy atom. The van der Waals surface area contributed by atoms with Crippen LogP contribution in [0.4, 0.5) is 14.5 Å². The fourth-order valence-electron chi connectivity index (χ4n) is 1.87. The Morgan fingerprint density at radius 3 is 2.55 bits per heavy atom. The topological polar surface area (TPSA) is 32.3 Å².